The van der Waals surface area contributed by atoms with Gasteiger partial charge in [-0.05, 0) is 74.1 Å². The van der Waals surface area contributed by atoms with Crippen molar-refractivity contribution in [2.75, 3.05) is 13.7 Å². The summed E-state index contributed by atoms with van der Waals surface area (Å²) in [6, 6.07) is 39.0. The van der Waals surface area contributed by atoms with Crippen LogP contribution in [0.2, 0.25) is 19.1 Å². The predicted molar refractivity (Wildman–Crippen MR) is 175 cm³/mol. The fourth-order valence-electron chi connectivity index (χ4n) is 5.35. The third-order valence-electron chi connectivity index (χ3n) is 7.72. The number of phenolic OH excluding ortho intramolecular Hbond substituents is 1. The Bertz CT molecular complexity index is 1210. The molecule has 0 radical (unpaired) electrons. The summed E-state index contributed by atoms with van der Waals surface area (Å²) in [5, 5.41) is 15.5. The van der Waals surface area contributed by atoms with Crippen molar-refractivity contribution in [1.29, 1.82) is 0 Å². The van der Waals surface area contributed by atoms with Crippen LogP contribution >= 0.6 is 7.26 Å². The molecule has 0 aliphatic heterocycles. The standard InChI is InChI=1S/C35H43O3PSi.BrH/c1-37-40(2,3)28-18-7-5-4-6-17-27-38-34-26-25-30(36)29-35(34)39(31-19-11-8-12-20-31,32-21-13-9-14-22-32)33-23-15-10-16-24-33;/h8-16,19-26,29H,4-7,17-18,27-28H2,1-3H3;1H. The Morgan fingerprint density at radius 1 is 0.634 bits per heavy atom. The molecule has 0 amide bonds. The topological polar surface area (TPSA) is 38.7 Å². The van der Waals surface area contributed by atoms with Crippen LogP contribution in [-0.2, 0) is 4.43 Å². The van der Waals surface area contributed by atoms with E-state index < -0.39 is 15.6 Å². The first-order chi connectivity index (χ1) is 19.5. The summed E-state index contributed by atoms with van der Waals surface area (Å²) >= 11 is 0. The lowest BCUT2D eigenvalue weighted by molar-refractivity contribution is -0.0000103. The van der Waals surface area contributed by atoms with Gasteiger partial charge in [0.05, 0.1) is 6.61 Å². The van der Waals surface area contributed by atoms with E-state index in [1.807, 2.05) is 19.2 Å². The second-order valence-corrected chi connectivity index (χ2v) is 18.8. The van der Waals surface area contributed by atoms with Crippen molar-refractivity contribution in [2.24, 2.45) is 0 Å². The zero-order chi connectivity index (χ0) is 28.3. The van der Waals surface area contributed by atoms with E-state index >= 15 is 0 Å². The van der Waals surface area contributed by atoms with Gasteiger partial charge in [0.1, 0.15) is 28.9 Å². The molecule has 0 aromatic heterocycles. The highest BCUT2D eigenvalue weighted by atomic mass is 79.9. The van der Waals surface area contributed by atoms with Gasteiger partial charge in [-0.3, -0.25) is 0 Å². The molecule has 0 saturated heterocycles. The average molecular weight is 652 g/mol. The quantitative estimate of drug-likeness (QED) is 0.116. The number of unbranched alkanes of at least 4 members (excludes halogenated alkanes) is 5. The van der Waals surface area contributed by atoms with Crippen LogP contribution in [0.15, 0.2) is 109 Å². The fraction of sp³-hybridized carbons (Fsp3) is 0.314. The molecule has 0 atom stereocenters. The highest BCUT2D eigenvalue weighted by Crippen LogP contribution is 2.56. The molecule has 218 valence electrons. The maximum atomic E-state index is 10.8. The van der Waals surface area contributed by atoms with E-state index in [0.717, 1.165) is 23.9 Å². The van der Waals surface area contributed by atoms with Crippen LogP contribution in [0.5, 0.6) is 11.5 Å². The lowest BCUT2D eigenvalue weighted by atomic mass is 10.1. The van der Waals surface area contributed by atoms with Gasteiger partial charge in [-0.2, -0.15) is 0 Å². The van der Waals surface area contributed by atoms with Crippen molar-refractivity contribution in [1.82, 2.24) is 0 Å². The zero-order valence-corrected chi connectivity index (χ0v) is 28.1. The van der Waals surface area contributed by atoms with Crippen molar-refractivity contribution in [3.8, 4) is 11.5 Å². The van der Waals surface area contributed by atoms with Gasteiger partial charge in [-0.15, -0.1) is 0 Å². The Labute approximate surface area is 259 Å². The van der Waals surface area contributed by atoms with Gasteiger partial charge in [0.2, 0.25) is 0 Å². The van der Waals surface area contributed by atoms with E-state index in [-0.39, 0.29) is 22.7 Å². The second-order valence-electron chi connectivity index (χ2n) is 11.0. The molecule has 4 aromatic carbocycles. The van der Waals surface area contributed by atoms with Crippen LogP contribution in [0.4, 0.5) is 0 Å². The molecule has 1 N–H and O–H groups in total. The zero-order valence-electron chi connectivity index (χ0n) is 24.6. The Kier molecular flexibility index (Phi) is 13.1. The summed E-state index contributed by atoms with van der Waals surface area (Å²) in [5.41, 5.74) is 0. The fourth-order valence-corrected chi connectivity index (χ4v) is 11.0. The smallest absolute Gasteiger partial charge is 0.186 e. The maximum absolute atomic E-state index is 10.8. The van der Waals surface area contributed by atoms with Crippen LogP contribution in [-0.4, -0.2) is 27.1 Å². The minimum absolute atomic E-state index is 0. The van der Waals surface area contributed by atoms with Gasteiger partial charge < -0.3 is 31.3 Å². The second kappa shape index (κ2) is 16.3. The SMILES string of the molecule is CO[Si](C)(C)CCCCCCCCOc1ccc(O)cc1[P+](c1ccccc1)(c1ccccc1)c1ccccc1.[Br-]. The van der Waals surface area contributed by atoms with Crippen molar-refractivity contribution >= 4 is 36.8 Å². The number of rotatable bonds is 15. The molecule has 0 saturated carbocycles. The van der Waals surface area contributed by atoms with Crippen molar-refractivity contribution < 1.29 is 31.3 Å². The molecule has 0 spiro atoms. The van der Waals surface area contributed by atoms with Crippen molar-refractivity contribution in [2.45, 2.75) is 57.7 Å². The third-order valence-corrected chi connectivity index (χ3v) is 14.7. The average Bonchev–Trinajstić information content (AvgIpc) is 2.99. The summed E-state index contributed by atoms with van der Waals surface area (Å²) in [6.45, 7) is 5.26. The van der Waals surface area contributed by atoms with E-state index in [2.05, 4.69) is 104 Å². The number of ether oxygens (including phenoxy) is 1. The number of hydrogen-bond donors (Lipinski definition) is 1. The number of halogens is 1. The number of hydrogen-bond acceptors (Lipinski definition) is 3. The molecule has 6 heteroatoms. The molecule has 0 unspecified atom stereocenters. The van der Waals surface area contributed by atoms with Crippen LogP contribution < -0.4 is 42.9 Å². The van der Waals surface area contributed by atoms with Crippen LogP contribution in [0.1, 0.15) is 38.5 Å². The Morgan fingerprint density at radius 3 is 1.59 bits per heavy atom. The van der Waals surface area contributed by atoms with E-state index in [1.165, 1.54) is 47.6 Å². The van der Waals surface area contributed by atoms with Crippen LogP contribution in [0.25, 0.3) is 0 Å². The summed E-state index contributed by atoms with van der Waals surface area (Å²) < 4.78 is 12.2. The Morgan fingerprint density at radius 2 is 1.10 bits per heavy atom. The van der Waals surface area contributed by atoms with Crippen LogP contribution in [0.3, 0.4) is 0 Å². The number of aromatic hydroxyl groups is 1. The van der Waals surface area contributed by atoms with Gasteiger partial charge in [-0.25, -0.2) is 0 Å². The molecule has 0 fully saturated rings. The molecule has 0 aliphatic carbocycles. The Balaban J connectivity index is 0.00000462. The van der Waals surface area contributed by atoms with Gasteiger partial charge in [0.25, 0.3) is 0 Å². The highest BCUT2D eigenvalue weighted by molar-refractivity contribution is 8.01. The molecular formula is C35H44BrO3PSi. The van der Waals surface area contributed by atoms with E-state index in [0.29, 0.717) is 6.61 Å². The van der Waals surface area contributed by atoms with E-state index in [9.17, 15) is 5.11 Å². The van der Waals surface area contributed by atoms with E-state index in [1.54, 1.807) is 6.07 Å². The van der Waals surface area contributed by atoms with Crippen molar-refractivity contribution in [3.63, 3.8) is 0 Å². The largest absolute Gasteiger partial charge is 1.00 e. The highest BCUT2D eigenvalue weighted by Gasteiger charge is 2.50. The number of phenols is 1. The van der Waals surface area contributed by atoms with Crippen LogP contribution in [0, 0.1) is 0 Å². The van der Waals surface area contributed by atoms with Gasteiger partial charge in [0.15, 0.2) is 19.4 Å². The summed E-state index contributed by atoms with van der Waals surface area (Å²) in [5.74, 6) is 1.11. The normalized spacial score (nSPS) is 11.6. The Hall–Kier alpha value is -2.43. The first-order valence-electron chi connectivity index (χ1n) is 14.5. The monoisotopic (exact) mass is 650 g/mol. The first-order valence-corrected chi connectivity index (χ1v) is 19.5. The summed E-state index contributed by atoms with van der Waals surface area (Å²) in [6.07, 6.45) is 7.23. The lowest BCUT2D eigenvalue weighted by Gasteiger charge is -2.29. The molecule has 0 heterocycles. The number of benzene rings is 4. The molecule has 0 aliphatic rings. The molecule has 41 heavy (non-hydrogen) atoms. The predicted octanol–water partition coefficient (Wildman–Crippen LogP) is 4.59. The van der Waals surface area contributed by atoms with Gasteiger partial charge >= 0.3 is 0 Å². The van der Waals surface area contributed by atoms with E-state index in [4.69, 9.17) is 9.16 Å². The molecule has 4 rings (SSSR count). The third kappa shape index (κ3) is 8.55. The minimum Gasteiger partial charge on any atom is -1.00 e. The molecule has 0 bridgehead atoms. The minimum atomic E-state index is -2.35. The molecule has 4 aromatic rings. The molecule has 3 nitrogen and oxygen atoms in total. The van der Waals surface area contributed by atoms with Gasteiger partial charge in [-0.1, -0.05) is 86.7 Å². The molecular weight excluding hydrogens is 607 g/mol. The summed E-state index contributed by atoms with van der Waals surface area (Å²) in [4.78, 5) is 0. The summed E-state index contributed by atoms with van der Waals surface area (Å²) in [7, 11) is -1.92. The van der Waals surface area contributed by atoms with Gasteiger partial charge in [0, 0.05) is 13.2 Å². The maximum Gasteiger partial charge on any atom is 0.186 e. The van der Waals surface area contributed by atoms with Crippen molar-refractivity contribution in [3.05, 3.63) is 109 Å². The first kappa shape index (κ1) is 33.1. The lowest BCUT2D eigenvalue weighted by Crippen LogP contribution is -3.00.